The molecule has 3 aromatic rings. The van der Waals surface area contributed by atoms with E-state index in [0.29, 0.717) is 24.1 Å². The molecule has 0 aliphatic heterocycles. The third-order valence-electron chi connectivity index (χ3n) is 6.27. The quantitative estimate of drug-likeness (QED) is 0.376. The number of fused-ring (bicyclic) bond motifs is 1. The van der Waals surface area contributed by atoms with E-state index in [-0.39, 0.29) is 28.0 Å². The number of anilines is 2. The van der Waals surface area contributed by atoms with Gasteiger partial charge in [-0.05, 0) is 38.7 Å². The number of aromatic nitrogens is 5. The number of alkyl halides is 4. The zero-order chi connectivity index (χ0) is 25.7. The second kappa shape index (κ2) is 9.07. The van der Waals surface area contributed by atoms with E-state index >= 15 is 4.39 Å². The van der Waals surface area contributed by atoms with Crippen LogP contribution in [0.3, 0.4) is 0 Å². The Morgan fingerprint density at radius 3 is 2.83 bits per heavy atom. The van der Waals surface area contributed by atoms with Crippen LogP contribution < -0.4 is 10.6 Å². The van der Waals surface area contributed by atoms with Crippen molar-refractivity contribution in [1.82, 2.24) is 30.1 Å². The second-order valence-corrected chi connectivity index (χ2v) is 9.59. The number of alkyl carbamates (subject to hydrolysis) is 1. The molecule has 3 aromatic heterocycles. The van der Waals surface area contributed by atoms with E-state index in [1.807, 2.05) is 6.92 Å². The molecule has 0 unspecified atom stereocenters. The molecule has 2 aliphatic rings. The lowest BCUT2D eigenvalue weighted by molar-refractivity contribution is -0.330. The SMILES string of the molecule is CC1(NC(=O)O[C@H]2CC[C@@H](c3cc(Nc4nc(Cl)cn5nc(COC(F)(F)F)cc45)n[nH]3)[C@@H]2F)CC1. The molecule has 10 nitrogen and oxygen atoms in total. The van der Waals surface area contributed by atoms with Crippen LogP contribution in [0.4, 0.5) is 34.0 Å². The van der Waals surface area contributed by atoms with Crippen LogP contribution in [0.25, 0.3) is 5.52 Å². The number of carbonyl (C=O) groups is 1. The lowest BCUT2D eigenvalue weighted by Gasteiger charge is -2.19. The monoisotopic (exact) mass is 531 g/mol. The fourth-order valence-electron chi connectivity index (χ4n) is 4.14. The first-order valence-electron chi connectivity index (χ1n) is 11.2. The summed E-state index contributed by atoms with van der Waals surface area (Å²) < 4.78 is 62.6. The fraction of sp³-hybridized carbons (Fsp3) is 0.524. The minimum atomic E-state index is -4.80. The zero-order valence-corrected chi connectivity index (χ0v) is 19.7. The molecule has 5 rings (SSSR count). The van der Waals surface area contributed by atoms with Crippen molar-refractivity contribution in [1.29, 1.82) is 0 Å². The molecule has 3 atom stereocenters. The van der Waals surface area contributed by atoms with Crippen LogP contribution in [0.5, 0.6) is 0 Å². The summed E-state index contributed by atoms with van der Waals surface area (Å²) in [7, 11) is 0. The molecule has 3 heterocycles. The predicted octanol–water partition coefficient (Wildman–Crippen LogP) is 4.75. The number of halogens is 5. The molecule has 0 saturated heterocycles. The highest BCUT2D eigenvalue weighted by atomic mass is 35.5. The highest BCUT2D eigenvalue weighted by Gasteiger charge is 2.43. The molecule has 2 aliphatic carbocycles. The van der Waals surface area contributed by atoms with Crippen molar-refractivity contribution in [2.45, 2.75) is 69.3 Å². The topological polar surface area (TPSA) is 118 Å². The van der Waals surface area contributed by atoms with Crippen LogP contribution in [0.2, 0.25) is 5.15 Å². The van der Waals surface area contributed by atoms with Crippen molar-refractivity contribution >= 4 is 34.8 Å². The molecule has 3 N–H and O–H groups in total. The number of hydrogen-bond acceptors (Lipinski definition) is 7. The minimum Gasteiger partial charge on any atom is -0.443 e. The van der Waals surface area contributed by atoms with Crippen LogP contribution in [0.15, 0.2) is 18.3 Å². The number of hydrogen-bond donors (Lipinski definition) is 3. The van der Waals surface area contributed by atoms with E-state index in [1.54, 1.807) is 6.07 Å². The van der Waals surface area contributed by atoms with E-state index in [2.05, 4.69) is 35.7 Å². The molecular formula is C21H22ClF4N7O3. The molecule has 36 heavy (non-hydrogen) atoms. The van der Waals surface area contributed by atoms with E-state index < -0.39 is 37.3 Å². The Hall–Kier alpha value is -3.13. The van der Waals surface area contributed by atoms with Crippen molar-refractivity contribution in [2.75, 3.05) is 5.32 Å². The molecular weight excluding hydrogens is 510 g/mol. The number of nitrogens with zero attached hydrogens (tertiary/aromatic N) is 4. The van der Waals surface area contributed by atoms with Gasteiger partial charge in [-0.1, -0.05) is 11.6 Å². The lowest BCUT2D eigenvalue weighted by atomic mass is 10.0. The second-order valence-electron chi connectivity index (χ2n) is 9.20. The molecule has 15 heteroatoms. The average Bonchev–Trinajstić information content (AvgIpc) is 3.12. The molecule has 0 bridgehead atoms. The van der Waals surface area contributed by atoms with Gasteiger partial charge in [0, 0.05) is 23.2 Å². The van der Waals surface area contributed by atoms with Crippen LogP contribution >= 0.6 is 11.6 Å². The Morgan fingerprint density at radius 2 is 2.11 bits per heavy atom. The average molecular weight is 532 g/mol. The van der Waals surface area contributed by atoms with E-state index in [4.69, 9.17) is 16.3 Å². The number of carbonyl (C=O) groups excluding carboxylic acids is 1. The summed E-state index contributed by atoms with van der Waals surface area (Å²) in [6, 6.07) is 2.96. The summed E-state index contributed by atoms with van der Waals surface area (Å²) in [5, 5.41) is 16.7. The van der Waals surface area contributed by atoms with Gasteiger partial charge in [-0.25, -0.2) is 18.7 Å². The predicted molar refractivity (Wildman–Crippen MR) is 119 cm³/mol. The van der Waals surface area contributed by atoms with Gasteiger partial charge >= 0.3 is 12.5 Å². The third-order valence-corrected chi connectivity index (χ3v) is 6.45. The van der Waals surface area contributed by atoms with Crippen molar-refractivity contribution in [2.24, 2.45) is 0 Å². The first kappa shape index (κ1) is 24.6. The highest BCUT2D eigenvalue weighted by Crippen LogP contribution is 2.39. The van der Waals surface area contributed by atoms with E-state index in [0.717, 1.165) is 12.8 Å². The summed E-state index contributed by atoms with van der Waals surface area (Å²) in [5.41, 5.74) is 0.583. The van der Waals surface area contributed by atoms with Crippen molar-refractivity contribution in [3.63, 3.8) is 0 Å². The van der Waals surface area contributed by atoms with Gasteiger partial charge in [-0.3, -0.25) is 9.84 Å². The van der Waals surface area contributed by atoms with Gasteiger partial charge in [0.2, 0.25) is 0 Å². The minimum absolute atomic E-state index is 0.0131. The van der Waals surface area contributed by atoms with Crippen LogP contribution in [-0.4, -0.2) is 55.1 Å². The van der Waals surface area contributed by atoms with E-state index in [1.165, 1.54) is 16.8 Å². The summed E-state index contributed by atoms with van der Waals surface area (Å²) in [6.45, 7) is 1.12. The molecule has 2 saturated carbocycles. The fourth-order valence-corrected chi connectivity index (χ4v) is 4.32. The molecule has 0 aromatic carbocycles. The number of ether oxygens (including phenoxy) is 2. The first-order valence-corrected chi connectivity index (χ1v) is 11.6. The smallest absolute Gasteiger partial charge is 0.443 e. The Bertz CT molecular complexity index is 1280. The lowest BCUT2D eigenvalue weighted by Crippen LogP contribution is -2.38. The van der Waals surface area contributed by atoms with Gasteiger partial charge in [-0.15, -0.1) is 13.2 Å². The molecule has 1 amide bonds. The maximum absolute atomic E-state index is 15.1. The Kier molecular flexibility index (Phi) is 6.19. The highest BCUT2D eigenvalue weighted by molar-refractivity contribution is 6.29. The van der Waals surface area contributed by atoms with Gasteiger partial charge in [-0.2, -0.15) is 10.2 Å². The number of amides is 1. The van der Waals surface area contributed by atoms with Gasteiger partial charge in [0.25, 0.3) is 0 Å². The third kappa shape index (κ3) is 5.48. The van der Waals surface area contributed by atoms with Crippen LogP contribution in [0.1, 0.15) is 49.9 Å². The van der Waals surface area contributed by atoms with Crippen molar-refractivity contribution < 1.29 is 31.8 Å². The summed E-state index contributed by atoms with van der Waals surface area (Å²) in [5.74, 6) is -0.0938. The van der Waals surface area contributed by atoms with Crippen LogP contribution in [0, 0.1) is 0 Å². The summed E-state index contributed by atoms with van der Waals surface area (Å²) >= 11 is 6.03. The maximum Gasteiger partial charge on any atom is 0.522 e. The number of rotatable bonds is 7. The van der Waals surface area contributed by atoms with Crippen molar-refractivity contribution in [3.8, 4) is 0 Å². The van der Waals surface area contributed by atoms with Crippen LogP contribution in [-0.2, 0) is 16.1 Å². The number of aromatic amines is 1. The molecule has 0 spiro atoms. The first-order chi connectivity index (χ1) is 17.0. The maximum atomic E-state index is 15.1. The van der Waals surface area contributed by atoms with Gasteiger partial charge in [0.1, 0.15) is 29.6 Å². The van der Waals surface area contributed by atoms with E-state index in [9.17, 15) is 18.0 Å². The van der Waals surface area contributed by atoms with Gasteiger partial charge in [0.15, 0.2) is 11.6 Å². The molecule has 194 valence electrons. The zero-order valence-electron chi connectivity index (χ0n) is 18.9. The Morgan fingerprint density at radius 1 is 1.33 bits per heavy atom. The number of nitrogens with one attached hydrogen (secondary N) is 3. The molecule has 2 fully saturated rings. The normalized spacial score (nSPS) is 23.1. The Labute approximate surface area is 206 Å². The summed E-state index contributed by atoms with van der Waals surface area (Å²) in [4.78, 5) is 16.2. The standard InChI is InChI=1S/C21H22ClF4N7O3/c1-20(4-5-20)29-19(34)36-14-3-2-11(17(14)23)12-7-16(31-30-12)28-18-13-6-10(9-35-21(24,25)26)32-33(13)8-15(22)27-18/h6-8,11,14,17H,2-5,9H2,1H3,(H,29,34)(H2,27,28,30,31)/t11-,14-,17-/m0/s1. The largest absolute Gasteiger partial charge is 0.522 e. The molecule has 0 radical (unpaired) electrons. The Balaban J connectivity index is 1.26. The van der Waals surface area contributed by atoms with Crippen molar-refractivity contribution in [3.05, 3.63) is 34.9 Å². The number of H-pyrrole nitrogens is 1. The van der Waals surface area contributed by atoms with Gasteiger partial charge < -0.3 is 15.4 Å². The summed E-state index contributed by atoms with van der Waals surface area (Å²) in [6.07, 6.45) is -3.81. The van der Waals surface area contributed by atoms with Gasteiger partial charge in [0.05, 0.1) is 11.9 Å².